The van der Waals surface area contributed by atoms with Crippen LogP contribution < -0.4 is 4.90 Å². The van der Waals surface area contributed by atoms with E-state index in [1.165, 1.54) is 35.4 Å². The predicted octanol–water partition coefficient (Wildman–Crippen LogP) is 2.38. The van der Waals surface area contributed by atoms with Crippen LogP contribution in [0.1, 0.15) is 35.4 Å². The average molecular weight is 323 g/mol. The molecule has 0 atom stereocenters. The average Bonchev–Trinajstić information content (AvgIpc) is 3.06. The van der Waals surface area contributed by atoms with Gasteiger partial charge in [-0.05, 0) is 43.4 Å². The first-order chi connectivity index (χ1) is 11.8. The van der Waals surface area contributed by atoms with Gasteiger partial charge in [0.25, 0.3) is 0 Å². The van der Waals surface area contributed by atoms with Gasteiger partial charge in [0, 0.05) is 57.2 Å². The first-order valence-corrected chi connectivity index (χ1v) is 9.02. The molecule has 4 heterocycles. The number of anilines is 1. The molecule has 0 spiro atoms. The molecule has 5 nitrogen and oxygen atoms in total. The van der Waals surface area contributed by atoms with Gasteiger partial charge in [-0.1, -0.05) is 6.07 Å². The van der Waals surface area contributed by atoms with Crippen molar-refractivity contribution in [1.82, 2.24) is 19.9 Å². The molecule has 1 fully saturated rings. The molecule has 126 valence electrons. The number of pyridine rings is 1. The van der Waals surface area contributed by atoms with Gasteiger partial charge in [0.15, 0.2) is 0 Å². The number of aryl methyl sites for hydroxylation is 1. The van der Waals surface area contributed by atoms with E-state index in [1.54, 1.807) is 0 Å². The lowest BCUT2D eigenvalue weighted by molar-refractivity contribution is 0.278. The lowest BCUT2D eigenvalue weighted by Gasteiger charge is -2.19. The highest BCUT2D eigenvalue weighted by atomic mass is 15.3. The summed E-state index contributed by atoms with van der Waals surface area (Å²) in [5.74, 6) is 0.949. The largest absolute Gasteiger partial charge is 0.341 e. The summed E-state index contributed by atoms with van der Waals surface area (Å²) in [6, 6.07) is 4.17. The summed E-state index contributed by atoms with van der Waals surface area (Å²) in [5.41, 5.74) is 5.08. The summed E-state index contributed by atoms with van der Waals surface area (Å²) < 4.78 is 0. The molecule has 2 aliphatic heterocycles. The topological polar surface area (TPSA) is 45.2 Å². The van der Waals surface area contributed by atoms with Crippen LogP contribution in [0.2, 0.25) is 0 Å². The molecule has 0 unspecified atom stereocenters. The maximum absolute atomic E-state index is 4.93. The zero-order valence-corrected chi connectivity index (χ0v) is 14.4. The third kappa shape index (κ3) is 3.26. The van der Waals surface area contributed by atoms with Crippen LogP contribution in [0.5, 0.6) is 0 Å². The third-order valence-corrected chi connectivity index (χ3v) is 5.15. The summed E-state index contributed by atoms with van der Waals surface area (Å²) in [6.45, 7) is 7.44. The van der Waals surface area contributed by atoms with E-state index in [0.717, 1.165) is 51.5 Å². The maximum atomic E-state index is 4.93. The van der Waals surface area contributed by atoms with Crippen molar-refractivity contribution < 1.29 is 0 Å². The number of nitrogens with zero attached hydrogens (tertiary/aromatic N) is 5. The summed E-state index contributed by atoms with van der Waals surface area (Å²) in [6.07, 6.45) is 8.38. The Balaban J connectivity index is 1.51. The molecule has 0 saturated carbocycles. The van der Waals surface area contributed by atoms with Gasteiger partial charge in [-0.15, -0.1) is 0 Å². The van der Waals surface area contributed by atoms with E-state index >= 15 is 0 Å². The molecule has 0 bridgehead atoms. The molecule has 24 heavy (non-hydrogen) atoms. The molecular formula is C19H25N5. The van der Waals surface area contributed by atoms with Crippen LogP contribution >= 0.6 is 0 Å². The van der Waals surface area contributed by atoms with Crippen LogP contribution in [0, 0.1) is 6.92 Å². The minimum Gasteiger partial charge on any atom is -0.341 e. The van der Waals surface area contributed by atoms with Crippen molar-refractivity contribution >= 4 is 5.95 Å². The Kier molecular flexibility index (Phi) is 4.43. The molecule has 0 radical (unpaired) electrons. The smallest absolute Gasteiger partial charge is 0.225 e. The summed E-state index contributed by atoms with van der Waals surface area (Å²) in [5, 5.41) is 0. The summed E-state index contributed by atoms with van der Waals surface area (Å²) in [7, 11) is 0. The van der Waals surface area contributed by atoms with Crippen molar-refractivity contribution in [3.8, 4) is 0 Å². The molecule has 2 aromatic rings. The molecular weight excluding hydrogens is 298 g/mol. The second-order valence-corrected chi connectivity index (χ2v) is 6.87. The van der Waals surface area contributed by atoms with E-state index in [4.69, 9.17) is 9.97 Å². The fraction of sp³-hybridized carbons (Fsp3) is 0.526. The SMILES string of the molecule is Cc1nc(N2CCCC2)nc2c1CCN(Cc1cccnc1)CC2. The highest BCUT2D eigenvalue weighted by Gasteiger charge is 2.21. The van der Waals surface area contributed by atoms with Gasteiger partial charge in [0.05, 0.1) is 5.69 Å². The van der Waals surface area contributed by atoms with Crippen LogP contribution in [-0.2, 0) is 19.4 Å². The Morgan fingerprint density at radius 1 is 1.04 bits per heavy atom. The third-order valence-electron chi connectivity index (χ3n) is 5.15. The van der Waals surface area contributed by atoms with Crippen molar-refractivity contribution in [2.75, 3.05) is 31.1 Å². The van der Waals surface area contributed by atoms with Crippen molar-refractivity contribution in [2.24, 2.45) is 0 Å². The fourth-order valence-corrected chi connectivity index (χ4v) is 3.78. The Morgan fingerprint density at radius 2 is 1.88 bits per heavy atom. The van der Waals surface area contributed by atoms with E-state index in [-0.39, 0.29) is 0 Å². The highest BCUT2D eigenvalue weighted by Crippen LogP contribution is 2.23. The number of rotatable bonds is 3. The van der Waals surface area contributed by atoms with E-state index in [0.29, 0.717) is 0 Å². The molecule has 2 aliphatic rings. The molecule has 4 rings (SSSR count). The normalized spacial score (nSPS) is 18.5. The van der Waals surface area contributed by atoms with Crippen molar-refractivity contribution in [2.45, 2.75) is 39.2 Å². The Morgan fingerprint density at radius 3 is 2.67 bits per heavy atom. The van der Waals surface area contributed by atoms with E-state index in [1.807, 2.05) is 18.5 Å². The van der Waals surface area contributed by atoms with E-state index in [2.05, 4.69) is 27.8 Å². The monoisotopic (exact) mass is 323 g/mol. The van der Waals surface area contributed by atoms with E-state index in [9.17, 15) is 0 Å². The van der Waals surface area contributed by atoms with E-state index < -0.39 is 0 Å². The van der Waals surface area contributed by atoms with Crippen LogP contribution in [0.25, 0.3) is 0 Å². The first kappa shape index (κ1) is 15.5. The lowest BCUT2D eigenvalue weighted by Crippen LogP contribution is -2.26. The summed E-state index contributed by atoms with van der Waals surface area (Å²) in [4.78, 5) is 18.8. The van der Waals surface area contributed by atoms with Crippen LogP contribution in [0.15, 0.2) is 24.5 Å². The molecule has 1 saturated heterocycles. The van der Waals surface area contributed by atoms with Gasteiger partial charge in [-0.2, -0.15) is 0 Å². The second kappa shape index (κ2) is 6.85. The highest BCUT2D eigenvalue weighted by molar-refractivity contribution is 5.38. The van der Waals surface area contributed by atoms with Gasteiger partial charge in [0.1, 0.15) is 0 Å². The quantitative estimate of drug-likeness (QED) is 0.868. The summed E-state index contributed by atoms with van der Waals surface area (Å²) >= 11 is 0. The molecule has 2 aromatic heterocycles. The van der Waals surface area contributed by atoms with Gasteiger partial charge in [-0.3, -0.25) is 9.88 Å². The zero-order valence-electron chi connectivity index (χ0n) is 14.4. The van der Waals surface area contributed by atoms with Crippen LogP contribution in [-0.4, -0.2) is 46.0 Å². The molecule has 5 heteroatoms. The molecule has 0 aliphatic carbocycles. The molecule has 0 aromatic carbocycles. The minimum atomic E-state index is 0.949. The van der Waals surface area contributed by atoms with Crippen molar-refractivity contribution in [3.05, 3.63) is 47.0 Å². The lowest BCUT2D eigenvalue weighted by atomic mass is 10.1. The molecule has 0 amide bonds. The second-order valence-electron chi connectivity index (χ2n) is 6.87. The Bertz CT molecular complexity index is 694. The van der Waals surface area contributed by atoms with Crippen LogP contribution in [0.4, 0.5) is 5.95 Å². The minimum absolute atomic E-state index is 0.949. The number of hydrogen-bond acceptors (Lipinski definition) is 5. The fourth-order valence-electron chi connectivity index (χ4n) is 3.78. The zero-order chi connectivity index (χ0) is 16.4. The number of fused-ring (bicyclic) bond motifs is 1. The first-order valence-electron chi connectivity index (χ1n) is 9.02. The maximum Gasteiger partial charge on any atom is 0.225 e. The van der Waals surface area contributed by atoms with Gasteiger partial charge in [-0.25, -0.2) is 9.97 Å². The van der Waals surface area contributed by atoms with Crippen LogP contribution in [0.3, 0.4) is 0 Å². The van der Waals surface area contributed by atoms with Gasteiger partial charge in [0.2, 0.25) is 5.95 Å². The van der Waals surface area contributed by atoms with Crippen molar-refractivity contribution in [3.63, 3.8) is 0 Å². The van der Waals surface area contributed by atoms with Gasteiger partial charge >= 0.3 is 0 Å². The Labute approximate surface area is 143 Å². The van der Waals surface area contributed by atoms with Gasteiger partial charge < -0.3 is 4.90 Å². The van der Waals surface area contributed by atoms with Crippen molar-refractivity contribution in [1.29, 1.82) is 0 Å². The number of hydrogen-bond donors (Lipinski definition) is 0. The Hall–Kier alpha value is -2.01. The standard InChI is InChI=1S/C19H25N5/c1-15-17-6-11-23(14-16-5-4-8-20-13-16)12-7-18(17)22-19(21-15)24-9-2-3-10-24/h4-5,8,13H,2-3,6-7,9-12,14H2,1H3. The number of aromatic nitrogens is 3. The predicted molar refractivity (Wildman–Crippen MR) is 95.1 cm³/mol. The molecule has 0 N–H and O–H groups in total.